The molecule has 5 heteroatoms. The third kappa shape index (κ3) is 6.05. The van der Waals surface area contributed by atoms with E-state index in [1.165, 1.54) is 4.90 Å². The van der Waals surface area contributed by atoms with Crippen LogP contribution in [0.1, 0.15) is 39.5 Å². The monoisotopic (exact) mass is 266 g/mol. The minimum absolute atomic E-state index is 0.373. The van der Waals surface area contributed by atoms with E-state index in [2.05, 4.69) is 19.2 Å². The summed E-state index contributed by atoms with van der Waals surface area (Å²) in [4.78, 5) is 1.52. The van der Waals surface area contributed by atoms with Crippen LogP contribution in [0.25, 0.3) is 0 Å². The van der Waals surface area contributed by atoms with Crippen LogP contribution < -0.4 is 5.32 Å². The molecule has 1 aliphatic rings. The zero-order valence-electron chi connectivity index (χ0n) is 11.4. The van der Waals surface area contributed by atoms with Gasteiger partial charge in [0.15, 0.2) is 0 Å². The smallest absolute Gasteiger partial charge is 0.314 e. The molecule has 108 valence electrons. The van der Waals surface area contributed by atoms with Gasteiger partial charge in [-0.3, -0.25) is 4.90 Å². The van der Waals surface area contributed by atoms with Gasteiger partial charge >= 0.3 is 6.18 Å². The molecule has 0 aromatic heterocycles. The fourth-order valence-electron chi connectivity index (χ4n) is 2.61. The van der Waals surface area contributed by atoms with E-state index in [9.17, 15) is 13.2 Å². The Hall–Kier alpha value is -0.290. The van der Waals surface area contributed by atoms with Gasteiger partial charge in [0.2, 0.25) is 0 Å². The van der Waals surface area contributed by atoms with E-state index in [4.69, 9.17) is 0 Å². The second kappa shape index (κ2) is 7.34. The minimum atomic E-state index is -4.06. The molecule has 2 nitrogen and oxygen atoms in total. The summed E-state index contributed by atoms with van der Waals surface area (Å²) in [5.41, 5.74) is 0. The molecule has 2 unspecified atom stereocenters. The van der Waals surface area contributed by atoms with Crippen molar-refractivity contribution in [3.63, 3.8) is 0 Å². The first-order valence-corrected chi connectivity index (χ1v) is 6.97. The predicted octanol–water partition coefficient (Wildman–Crippen LogP) is 3.04. The standard InChI is InChI=1S/C13H25F3N2/c1-3-5-12(4-2)17-8-11-6-7-18(9-11)10-13(14,15)16/h11-12,17H,3-10H2,1-2H3. The Morgan fingerprint density at radius 2 is 2.06 bits per heavy atom. The van der Waals surface area contributed by atoms with Crippen LogP contribution in [-0.4, -0.2) is 43.3 Å². The van der Waals surface area contributed by atoms with E-state index in [0.29, 0.717) is 25.0 Å². The van der Waals surface area contributed by atoms with Crippen LogP contribution in [0.3, 0.4) is 0 Å². The number of alkyl halides is 3. The van der Waals surface area contributed by atoms with Gasteiger partial charge in [0.1, 0.15) is 0 Å². The normalized spacial score (nSPS) is 23.5. The SMILES string of the molecule is CCCC(CC)NCC1CCN(CC(F)(F)F)C1. The molecule has 1 aliphatic heterocycles. The van der Waals surface area contributed by atoms with Gasteiger partial charge in [-0.1, -0.05) is 20.3 Å². The first kappa shape index (κ1) is 15.8. The lowest BCUT2D eigenvalue weighted by molar-refractivity contribution is -0.143. The maximum absolute atomic E-state index is 12.2. The quantitative estimate of drug-likeness (QED) is 0.762. The summed E-state index contributed by atoms with van der Waals surface area (Å²) in [6.07, 6.45) is 0.209. The van der Waals surface area contributed by atoms with Crippen molar-refractivity contribution in [2.24, 2.45) is 5.92 Å². The van der Waals surface area contributed by atoms with Crippen molar-refractivity contribution in [3.05, 3.63) is 0 Å². The summed E-state index contributed by atoms with van der Waals surface area (Å²) in [6, 6.07) is 0.520. The average Bonchev–Trinajstić information content (AvgIpc) is 2.69. The highest BCUT2D eigenvalue weighted by Gasteiger charge is 2.34. The van der Waals surface area contributed by atoms with Crippen molar-refractivity contribution < 1.29 is 13.2 Å². The largest absolute Gasteiger partial charge is 0.401 e. The second-order valence-corrected chi connectivity index (χ2v) is 5.31. The molecule has 0 saturated carbocycles. The lowest BCUT2D eigenvalue weighted by atomic mass is 10.1. The highest BCUT2D eigenvalue weighted by atomic mass is 19.4. The van der Waals surface area contributed by atoms with E-state index in [-0.39, 0.29) is 0 Å². The van der Waals surface area contributed by atoms with Gasteiger partial charge in [0.05, 0.1) is 6.54 Å². The molecule has 0 amide bonds. The Labute approximate surface area is 108 Å². The van der Waals surface area contributed by atoms with Crippen LogP contribution in [-0.2, 0) is 0 Å². The predicted molar refractivity (Wildman–Crippen MR) is 67.6 cm³/mol. The number of halogens is 3. The molecule has 0 bridgehead atoms. The minimum Gasteiger partial charge on any atom is -0.314 e. The highest BCUT2D eigenvalue weighted by Crippen LogP contribution is 2.22. The molecule has 0 aliphatic carbocycles. The Morgan fingerprint density at radius 1 is 1.33 bits per heavy atom. The summed E-state index contributed by atoms with van der Waals surface area (Å²) in [7, 11) is 0. The summed E-state index contributed by atoms with van der Waals surface area (Å²) in [5, 5.41) is 3.49. The van der Waals surface area contributed by atoms with Crippen LogP contribution in [0.15, 0.2) is 0 Å². The molecule has 0 radical (unpaired) electrons. The van der Waals surface area contributed by atoms with Crippen molar-refractivity contribution in [1.29, 1.82) is 0 Å². The molecule has 2 atom stereocenters. The van der Waals surface area contributed by atoms with Gasteiger partial charge < -0.3 is 5.32 Å². The molecule has 18 heavy (non-hydrogen) atoms. The van der Waals surface area contributed by atoms with E-state index in [0.717, 1.165) is 32.2 Å². The molecule has 1 N–H and O–H groups in total. The van der Waals surface area contributed by atoms with Gasteiger partial charge in [-0.25, -0.2) is 0 Å². The summed E-state index contributed by atoms with van der Waals surface area (Å²) < 4.78 is 36.7. The third-order valence-corrected chi connectivity index (χ3v) is 3.60. The topological polar surface area (TPSA) is 15.3 Å². The van der Waals surface area contributed by atoms with Gasteiger partial charge in [-0.15, -0.1) is 0 Å². The molecule has 1 rings (SSSR count). The fraction of sp³-hybridized carbons (Fsp3) is 1.00. The zero-order valence-corrected chi connectivity index (χ0v) is 11.4. The van der Waals surface area contributed by atoms with E-state index < -0.39 is 12.7 Å². The van der Waals surface area contributed by atoms with Gasteiger partial charge in [-0.05, 0) is 38.3 Å². The maximum Gasteiger partial charge on any atom is 0.401 e. The first-order valence-electron chi connectivity index (χ1n) is 6.97. The highest BCUT2D eigenvalue weighted by molar-refractivity contribution is 4.80. The fourth-order valence-corrected chi connectivity index (χ4v) is 2.61. The number of nitrogens with one attached hydrogen (secondary N) is 1. The summed E-state index contributed by atoms with van der Waals surface area (Å²) >= 11 is 0. The summed E-state index contributed by atoms with van der Waals surface area (Å²) in [5.74, 6) is 0.373. The Balaban J connectivity index is 2.22. The molecular formula is C13H25F3N2. The summed E-state index contributed by atoms with van der Waals surface area (Å²) in [6.45, 7) is 5.57. The molecular weight excluding hydrogens is 241 g/mol. The molecule has 1 saturated heterocycles. The Kier molecular flexibility index (Phi) is 6.43. The van der Waals surface area contributed by atoms with Crippen LogP contribution in [0.4, 0.5) is 13.2 Å². The third-order valence-electron chi connectivity index (χ3n) is 3.60. The van der Waals surface area contributed by atoms with Crippen molar-refractivity contribution in [2.75, 3.05) is 26.2 Å². The van der Waals surface area contributed by atoms with Gasteiger partial charge in [-0.2, -0.15) is 13.2 Å². The van der Waals surface area contributed by atoms with Crippen LogP contribution >= 0.6 is 0 Å². The second-order valence-electron chi connectivity index (χ2n) is 5.31. The average molecular weight is 266 g/mol. The first-order chi connectivity index (χ1) is 8.44. The lowest BCUT2D eigenvalue weighted by Gasteiger charge is -2.20. The lowest BCUT2D eigenvalue weighted by Crippen LogP contribution is -2.36. The van der Waals surface area contributed by atoms with Crippen molar-refractivity contribution in [1.82, 2.24) is 10.2 Å². The number of hydrogen-bond acceptors (Lipinski definition) is 2. The van der Waals surface area contributed by atoms with E-state index in [1.54, 1.807) is 0 Å². The van der Waals surface area contributed by atoms with E-state index >= 15 is 0 Å². The van der Waals surface area contributed by atoms with Crippen molar-refractivity contribution in [3.8, 4) is 0 Å². The Bertz CT molecular complexity index is 231. The van der Waals surface area contributed by atoms with Crippen LogP contribution in [0.2, 0.25) is 0 Å². The van der Waals surface area contributed by atoms with Crippen molar-refractivity contribution >= 4 is 0 Å². The van der Waals surface area contributed by atoms with E-state index in [1.807, 2.05) is 0 Å². The van der Waals surface area contributed by atoms with Gasteiger partial charge in [0, 0.05) is 12.6 Å². The number of likely N-dealkylation sites (tertiary alicyclic amines) is 1. The van der Waals surface area contributed by atoms with Crippen LogP contribution in [0.5, 0.6) is 0 Å². The number of nitrogens with zero attached hydrogens (tertiary/aromatic N) is 1. The Morgan fingerprint density at radius 3 is 2.61 bits per heavy atom. The van der Waals surface area contributed by atoms with Crippen LogP contribution in [0, 0.1) is 5.92 Å². The zero-order chi connectivity index (χ0) is 13.6. The van der Waals surface area contributed by atoms with Gasteiger partial charge in [0.25, 0.3) is 0 Å². The number of hydrogen-bond donors (Lipinski definition) is 1. The molecule has 1 fully saturated rings. The van der Waals surface area contributed by atoms with Crippen molar-refractivity contribution in [2.45, 2.75) is 51.7 Å². The number of rotatable bonds is 7. The molecule has 1 heterocycles. The molecule has 0 spiro atoms. The maximum atomic E-state index is 12.2. The molecule has 0 aromatic rings. The molecule has 0 aromatic carbocycles.